The molecule has 0 aromatic carbocycles. The predicted molar refractivity (Wildman–Crippen MR) is 67.7 cm³/mol. The molecule has 17 heavy (non-hydrogen) atoms. The fraction of sp³-hybridized carbons (Fsp3) is 0.273. The predicted octanol–water partition coefficient (Wildman–Crippen LogP) is 3.29. The Morgan fingerprint density at radius 1 is 1.65 bits per heavy atom. The summed E-state index contributed by atoms with van der Waals surface area (Å²) >= 11 is 7.00. The van der Waals surface area contributed by atoms with E-state index in [9.17, 15) is 4.79 Å². The Bertz CT molecular complexity index is 521. The van der Waals surface area contributed by atoms with Crippen molar-refractivity contribution in [2.45, 2.75) is 19.2 Å². The molecule has 6 heteroatoms. The fourth-order valence-corrected chi connectivity index (χ4v) is 2.34. The summed E-state index contributed by atoms with van der Waals surface area (Å²) in [5.74, 6) is 0.820. The first kappa shape index (κ1) is 12.1. The number of nitrogens with one attached hydrogen (secondary N) is 1. The molecule has 0 aliphatic carbocycles. The third-order valence-electron chi connectivity index (χ3n) is 2.22. The van der Waals surface area contributed by atoms with Gasteiger partial charge < -0.3 is 4.42 Å². The smallest absolute Gasteiger partial charge is 0.260 e. The maximum absolute atomic E-state index is 11.9. The Kier molecular flexibility index (Phi) is 3.81. The third kappa shape index (κ3) is 2.68. The second kappa shape index (κ2) is 5.33. The van der Waals surface area contributed by atoms with E-state index in [4.69, 9.17) is 16.0 Å². The first-order chi connectivity index (χ1) is 8.24. The Hall–Kier alpha value is -1.33. The van der Waals surface area contributed by atoms with E-state index in [0.29, 0.717) is 28.8 Å². The van der Waals surface area contributed by atoms with E-state index in [0.717, 1.165) is 5.69 Å². The van der Waals surface area contributed by atoms with E-state index in [-0.39, 0.29) is 5.91 Å². The number of carbonyl (C=O) groups is 1. The Labute approximate surface area is 108 Å². The number of rotatable bonds is 4. The summed E-state index contributed by atoms with van der Waals surface area (Å²) in [5, 5.41) is 5.09. The molecule has 0 saturated carbocycles. The van der Waals surface area contributed by atoms with Crippen LogP contribution in [-0.4, -0.2) is 10.9 Å². The van der Waals surface area contributed by atoms with Crippen LogP contribution in [0.25, 0.3) is 0 Å². The molecule has 1 amide bonds. The molecule has 0 aliphatic heterocycles. The summed E-state index contributed by atoms with van der Waals surface area (Å²) in [6, 6.07) is 1.66. The van der Waals surface area contributed by atoms with Gasteiger partial charge in [0.25, 0.3) is 5.91 Å². The molecular formula is C11H11ClN2O2S. The SMILES string of the molecule is CCc1occc1C(=O)Nc1nc(CCl)cs1. The molecule has 0 fully saturated rings. The van der Waals surface area contributed by atoms with Crippen molar-refractivity contribution in [2.75, 3.05) is 5.32 Å². The number of furan rings is 1. The van der Waals surface area contributed by atoms with Crippen molar-refractivity contribution in [3.05, 3.63) is 34.7 Å². The van der Waals surface area contributed by atoms with E-state index in [1.54, 1.807) is 6.07 Å². The summed E-state index contributed by atoms with van der Waals surface area (Å²) in [6.07, 6.45) is 2.19. The van der Waals surface area contributed by atoms with E-state index >= 15 is 0 Å². The number of carbonyl (C=O) groups excluding carboxylic acids is 1. The number of aromatic nitrogens is 1. The van der Waals surface area contributed by atoms with Gasteiger partial charge in [-0.15, -0.1) is 22.9 Å². The van der Waals surface area contributed by atoms with Crippen LogP contribution in [0.3, 0.4) is 0 Å². The molecule has 0 aliphatic rings. The van der Waals surface area contributed by atoms with Crippen molar-refractivity contribution in [1.29, 1.82) is 0 Å². The largest absolute Gasteiger partial charge is 0.469 e. The van der Waals surface area contributed by atoms with Crippen LogP contribution in [0, 0.1) is 0 Å². The van der Waals surface area contributed by atoms with Gasteiger partial charge in [0.05, 0.1) is 23.4 Å². The molecule has 90 valence electrons. The number of hydrogen-bond acceptors (Lipinski definition) is 4. The van der Waals surface area contributed by atoms with E-state index in [1.165, 1.54) is 17.6 Å². The number of hydrogen-bond donors (Lipinski definition) is 1. The molecule has 0 unspecified atom stereocenters. The molecule has 0 spiro atoms. The number of thiazole rings is 1. The van der Waals surface area contributed by atoms with Gasteiger partial charge in [-0.3, -0.25) is 10.1 Å². The van der Waals surface area contributed by atoms with Crippen molar-refractivity contribution in [3.8, 4) is 0 Å². The van der Waals surface area contributed by atoms with Crippen molar-refractivity contribution in [2.24, 2.45) is 0 Å². The average Bonchev–Trinajstić information content (AvgIpc) is 2.96. The van der Waals surface area contributed by atoms with Crippen LogP contribution in [0.4, 0.5) is 5.13 Å². The van der Waals surface area contributed by atoms with Crippen molar-refractivity contribution in [1.82, 2.24) is 4.98 Å². The topological polar surface area (TPSA) is 55.1 Å². The number of anilines is 1. The zero-order valence-electron chi connectivity index (χ0n) is 9.20. The minimum Gasteiger partial charge on any atom is -0.469 e. The molecule has 2 aromatic rings. The lowest BCUT2D eigenvalue weighted by Gasteiger charge is -2.00. The van der Waals surface area contributed by atoms with Gasteiger partial charge in [-0.1, -0.05) is 6.92 Å². The minimum absolute atomic E-state index is 0.203. The van der Waals surface area contributed by atoms with Gasteiger partial charge in [-0.05, 0) is 6.07 Å². The number of nitrogens with zero attached hydrogens (tertiary/aromatic N) is 1. The summed E-state index contributed by atoms with van der Waals surface area (Å²) in [5.41, 5.74) is 1.31. The highest BCUT2D eigenvalue weighted by Gasteiger charge is 2.14. The molecule has 4 nitrogen and oxygen atoms in total. The standard InChI is InChI=1S/C11H11ClN2O2S/c1-2-9-8(3-4-16-9)10(15)14-11-13-7(5-12)6-17-11/h3-4,6H,2,5H2,1H3,(H,13,14,15). The lowest BCUT2D eigenvalue weighted by molar-refractivity contribution is 0.102. The molecule has 2 rings (SSSR count). The maximum Gasteiger partial charge on any atom is 0.260 e. The lowest BCUT2D eigenvalue weighted by atomic mass is 10.2. The monoisotopic (exact) mass is 270 g/mol. The van der Waals surface area contributed by atoms with E-state index in [1.807, 2.05) is 12.3 Å². The van der Waals surface area contributed by atoms with Crippen molar-refractivity contribution < 1.29 is 9.21 Å². The Morgan fingerprint density at radius 2 is 2.47 bits per heavy atom. The van der Waals surface area contributed by atoms with Crippen LogP contribution in [0.15, 0.2) is 22.1 Å². The molecular weight excluding hydrogens is 260 g/mol. The zero-order chi connectivity index (χ0) is 12.3. The first-order valence-electron chi connectivity index (χ1n) is 5.12. The highest BCUT2D eigenvalue weighted by molar-refractivity contribution is 7.14. The van der Waals surface area contributed by atoms with Crippen LogP contribution in [0.2, 0.25) is 0 Å². The highest BCUT2D eigenvalue weighted by atomic mass is 35.5. The maximum atomic E-state index is 11.9. The normalized spacial score (nSPS) is 10.5. The van der Waals surface area contributed by atoms with Gasteiger partial charge in [0.2, 0.25) is 0 Å². The van der Waals surface area contributed by atoms with Gasteiger partial charge >= 0.3 is 0 Å². The quantitative estimate of drug-likeness (QED) is 0.868. The van der Waals surface area contributed by atoms with Gasteiger partial charge in [-0.25, -0.2) is 4.98 Å². The summed E-state index contributed by atoms with van der Waals surface area (Å²) < 4.78 is 5.20. The molecule has 2 aromatic heterocycles. The van der Waals surface area contributed by atoms with Gasteiger partial charge in [-0.2, -0.15) is 0 Å². The lowest BCUT2D eigenvalue weighted by Crippen LogP contribution is -2.12. The number of aryl methyl sites for hydroxylation is 1. The summed E-state index contributed by atoms with van der Waals surface area (Å²) in [4.78, 5) is 16.1. The second-order valence-corrected chi connectivity index (χ2v) is 4.47. The highest BCUT2D eigenvalue weighted by Crippen LogP contribution is 2.19. The molecule has 0 radical (unpaired) electrons. The Balaban J connectivity index is 2.11. The fourth-order valence-electron chi connectivity index (χ4n) is 1.41. The first-order valence-corrected chi connectivity index (χ1v) is 6.54. The van der Waals surface area contributed by atoms with E-state index in [2.05, 4.69) is 10.3 Å². The number of alkyl halides is 1. The van der Waals surface area contributed by atoms with Gasteiger partial charge in [0.1, 0.15) is 5.76 Å². The number of amides is 1. The van der Waals surface area contributed by atoms with Crippen LogP contribution >= 0.6 is 22.9 Å². The second-order valence-electron chi connectivity index (χ2n) is 3.34. The molecule has 2 heterocycles. The molecule has 0 bridgehead atoms. The minimum atomic E-state index is -0.203. The average molecular weight is 271 g/mol. The van der Waals surface area contributed by atoms with Crippen LogP contribution < -0.4 is 5.32 Å². The molecule has 0 saturated heterocycles. The summed E-state index contributed by atoms with van der Waals surface area (Å²) in [6.45, 7) is 1.94. The van der Waals surface area contributed by atoms with Crippen LogP contribution in [0.1, 0.15) is 28.7 Å². The zero-order valence-corrected chi connectivity index (χ0v) is 10.8. The van der Waals surface area contributed by atoms with Gasteiger partial charge in [0, 0.05) is 11.8 Å². The third-order valence-corrected chi connectivity index (χ3v) is 3.30. The van der Waals surface area contributed by atoms with Crippen molar-refractivity contribution >= 4 is 34.0 Å². The molecule has 0 atom stereocenters. The summed E-state index contributed by atoms with van der Waals surface area (Å²) in [7, 11) is 0. The van der Waals surface area contributed by atoms with Crippen LogP contribution in [0.5, 0.6) is 0 Å². The van der Waals surface area contributed by atoms with Crippen molar-refractivity contribution in [3.63, 3.8) is 0 Å². The number of halogens is 1. The molecule has 1 N–H and O–H groups in total. The van der Waals surface area contributed by atoms with E-state index < -0.39 is 0 Å². The van der Waals surface area contributed by atoms with Gasteiger partial charge in [0.15, 0.2) is 5.13 Å². The van der Waals surface area contributed by atoms with Crippen LogP contribution in [-0.2, 0) is 12.3 Å². The Morgan fingerprint density at radius 3 is 3.12 bits per heavy atom.